The van der Waals surface area contributed by atoms with Crippen LogP contribution in [0.3, 0.4) is 0 Å². The van der Waals surface area contributed by atoms with E-state index >= 15 is 0 Å². The minimum atomic E-state index is -0.289. The molecule has 0 radical (unpaired) electrons. The number of nitrogens with zero attached hydrogens (tertiary/aromatic N) is 4. The van der Waals surface area contributed by atoms with Crippen molar-refractivity contribution in [2.75, 3.05) is 65.6 Å². The molecule has 2 aliphatic heterocycles. The van der Waals surface area contributed by atoms with E-state index in [-0.39, 0.29) is 6.10 Å². The number of ether oxygens (including phenoxy) is 1. The van der Waals surface area contributed by atoms with Crippen molar-refractivity contribution in [1.82, 2.24) is 14.7 Å². The molecule has 1 unspecified atom stereocenters. The second kappa shape index (κ2) is 9.27. The van der Waals surface area contributed by atoms with E-state index in [1.807, 2.05) is 24.3 Å². The molecule has 0 spiro atoms. The summed E-state index contributed by atoms with van der Waals surface area (Å²) in [6, 6.07) is 10.00. The number of hydrogen-bond donors (Lipinski definition) is 1. The van der Waals surface area contributed by atoms with Gasteiger partial charge in [-0.1, -0.05) is 12.1 Å². The maximum Gasteiger partial charge on any atom is 0.0991 e. The van der Waals surface area contributed by atoms with Crippen LogP contribution in [0.1, 0.15) is 11.1 Å². The highest BCUT2D eigenvalue weighted by molar-refractivity contribution is 5.31. The Hall–Kier alpha value is -1.49. The highest BCUT2D eigenvalue weighted by Crippen LogP contribution is 2.10. The van der Waals surface area contributed by atoms with Crippen LogP contribution in [0.2, 0.25) is 0 Å². The lowest BCUT2D eigenvalue weighted by atomic mass is 10.1. The van der Waals surface area contributed by atoms with E-state index in [2.05, 4.69) is 20.8 Å². The Morgan fingerprint density at radius 2 is 1.48 bits per heavy atom. The van der Waals surface area contributed by atoms with Crippen LogP contribution in [-0.2, 0) is 11.3 Å². The zero-order valence-corrected chi connectivity index (χ0v) is 14.8. The summed E-state index contributed by atoms with van der Waals surface area (Å²) in [5.74, 6) is 0. The molecule has 0 bridgehead atoms. The van der Waals surface area contributed by atoms with Gasteiger partial charge in [-0.25, -0.2) is 0 Å². The van der Waals surface area contributed by atoms with Gasteiger partial charge in [-0.3, -0.25) is 14.7 Å². The second-order valence-electron chi connectivity index (χ2n) is 6.95. The Morgan fingerprint density at radius 3 is 2.08 bits per heavy atom. The maximum absolute atomic E-state index is 10.3. The molecule has 25 heavy (non-hydrogen) atoms. The lowest BCUT2D eigenvalue weighted by molar-refractivity contribution is 0.00218. The normalized spacial score (nSPS) is 21.8. The summed E-state index contributed by atoms with van der Waals surface area (Å²) >= 11 is 0. The summed E-state index contributed by atoms with van der Waals surface area (Å²) in [5, 5.41) is 19.2. The molecule has 1 aromatic rings. The number of β-amino-alcohol motifs (C(OH)–C–C–N with tert-alkyl or cyclic N) is 1. The molecule has 1 N–H and O–H groups in total. The van der Waals surface area contributed by atoms with Crippen molar-refractivity contribution in [3.05, 3.63) is 35.4 Å². The van der Waals surface area contributed by atoms with E-state index in [1.165, 1.54) is 5.56 Å². The average molecular weight is 344 g/mol. The fourth-order valence-electron chi connectivity index (χ4n) is 3.51. The Bertz CT molecular complexity index is 558. The first-order valence-corrected chi connectivity index (χ1v) is 9.15. The molecule has 1 atom stereocenters. The monoisotopic (exact) mass is 344 g/mol. The zero-order valence-electron chi connectivity index (χ0n) is 14.8. The molecule has 2 heterocycles. The van der Waals surface area contributed by atoms with Crippen LogP contribution in [0.4, 0.5) is 0 Å². The van der Waals surface area contributed by atoms with Gasteiger partial charge < -0.3 is 9.84 Å². The van der Waals surface area contributed by atoms with E-state index in [0.717, 1.165) is 72.1 Å². The second-order valence-corrected chi connectivity index (χ2v) is 6.95. The van der Waals surface area contributed by atoms with Gasteiger partial charge in [0.2, 0.25) is 0 Å². The molecular weight excluding hydrogens is 316 g/mol. The smallest absolute Gasteiger partial charge is 0.0991 e. The van der Waals surface area contributed by atoms with Crippen molar-refractivity contribution >= 4 is 0 Å². The molecule has 3 rings (SSSR count). The average Bonchev–Trinajstić information content (AvgIpc) is 2.65. The molecule has 2 fully saturated rings. The summed E-state index contributed by atoms with van der Waals surface area (Å²) in [4.78, 5) is 7.09. The van der Waals surface area contributed by atoms with Crippen LogP contribution in [0, 0.1) is 11.3 Å². The number of benzene rings is 1. The summed E-state index contributed by atoms with van der Waals surface area (Å²) in [6.45, 7) is 9.86. The summed E-state index contributed by atoms with van der Waals surface area (Å²) < 4.78 is 5.35. The van der Waals surface area contributed by atoms with Gasteiger partial charge in [0, 0.05) is 58.9 Å². The third kappa shape index (κ3) is 5.77. The van der Waals surface area contributed by atoms with Crippen molar-refractivity contribution in [3.8, 4) is 6.07 Å². The molecule has 6 heteroatoms. The third-order valence-corrected chi connectivity index (χ3v) is 5.00. The lowest BCUT2D eigenvalue weighted by Crippen LogP contribution is -2.50. The Kier molecular flexibility index (Phi) is 6.79. The van der Waals surface area contributed by atoms with E-state index in [1.54, 1.807) is 0 Å². The molecule has 6 nitrogen and oxygen atoms in total. The predicted octanol–water partition coefficient (Wildman–Crippen LogP) is 0.369. The summed E-state index contributed by atoms with van der Waals surface area (Å²) in [7, 11) is 0. The molecule has 0 aromatic heterocycles. The lowest BCUT2D eigenvalue weighted by Gasteiger charge is -2.36. The van der Waals surface area contributed by atoms with Crippen LogP contribution >= 0.6 is 0 Å². The largest absolute Gasteiger partial charge is 0.390 e. The van der Waals surface area contributed by atoms with Crippen LogP contribution < -0.4 is 0 Å². The highest BCUT2D eigenvalue weighted by Gasteiger charge is 2.21. The van der Waals surface area contributed by atoms with Gasteiger partial charge >= 0.3 is 0 Å². The minimum absolute atomic E-state index is 0.289. The summed E-state index contributed by atoms with van der Waals surface area (Å²) in [5.41, 5.74) is 1.96. The van der Waals surface area contributed by atoms with E-state index < -0.39 is 0 Å². The number of piperazine rings is 1. The van der Waals surface area contributed by atoms with Crippen LogP contribution in [0.5, 0.6) is 0 Å². The number of hydrogen-bond acceptors (Lipinski definition) is 6. The van der Waals surface area contributed by atoms with Gasteiger partial charge in [-0.2, -0.15) is 5.26 Å². The molecule has 0 aliphatic carbocycles. The molecule has 2 saturated heterocycles. The number of morpholine rings is 1. The first-order valence-electron chi connectivity index (χ1n) is 9.15. The van der Waals surface area contributed by atoms with Gasteiger partial charge in [-0.15, -0.1) is 0 Å². The van der Waals surface area contributed by atoms with E-state index in [0.29, 0.717) is 5.56 Å². The van der Waals surface area contributed by atoms with Gasteiger partial charge in [0.05, 0.1) is 31.0 Å². The summed E-state index contributed by atoms with van der Waals surface area (Å²) in [6.07, 6.45) is -0.289. The van der Waals surface area contributed by atoms with Gasteiger partial charge in [-0.05, 0) is 17.7 Å². The fraction of sp³-hybridized carbons (Fsp3) is 0.632. The van der Waals surface area contributed by atoms with Crippen LogP contribution in [0.25, 0.3) is 0 Å². The Morgan fingerprint density at radius 1 is 0.920 bits per heavy atom. The van der Waals surface area contributed by atoms with E-state index in [4.69, 9.17) is 10.00 Å². The quantitative estimate of drug-likeness (QED) is 0.804. The van der Waals surface area contributed by atoms with Crippen molar-refractivity contribution in [3.63, 3.8) is 0 Å². The van der Waals surface area contributed by atoms with Crippen molar-refractivity contribution in [2.45, 2.75) is 12.6 Å². The minimum Gasteiger partial charge on any atom is -0.390 e. The van der Waals surface area contributed by atoms with Gasteiger partial charge in [0.15, 0.2) is 0 Å². The molecule has 0 amide bonds. The SMILES string of the molecule is N#Cc1ccc(CN2CCN(CC(O)CN3CCOCC3)CC2)cc1. The van der Waals surface area contributed by atoms with Crippen LogP contribution in [0.15, 0.2) is 24.3 Å². The Labute approximate surface area is 150 Å². The number of aliphatic hydroxyl groups is 1. The fourth-order valence-corrected chi connectivity index (χ4v) is 3.51. The zero-order chi connectivity index (χ0) is 17.5. The molecule has 136 valence electrons. The van der Waals surface area contributed by atoms with Crippen molar-refractivity contribution in [1.29, 1.82) is 5.26 Å². The van der Waals surface area contributed by atoms with Crippen molar-refractivity contribution in [2.24, 2.45) is 0 Å². The van der Waals surface area contributed by atoms with Crippen molar-refractivity contribution < 1.29 is 9.84 Å². The number of aliphatic hydroxyl groups excluding tert-OH is 1. The molecule has 1 aromatic carbocycles. The number of rotatable bonds is 6. The van der Waals surface area contributed by atoms with Gasteiger partial charge in [0.1, 0.15) is 0 Å². The predicted molar refractivity (Wildman–Crippen MR) is 96.1 cm³/mol. The molecule has 0 saturated carbocycles. The van der Waals surface area contributed by atoms with E-state index in [9.17, 15) is 5.11 Å². The third-order valence-electron chi connectivity index (χ3n) is 5.00. The first-order chi connectivity index (χ1) is 12.2. The molecular formula is C19H28N4O2. The van der Waals surface area contributed by atoms with Gasteiger partial charge in [0.25, 0.3) is 0 Å². The standard InChI is InChI=1S/C19H28N4O2/c20-13-17-1-3-18(4-2-17)14-21-5-7-22(8-6-21)15-19(24)16-23-9-11-25-12-10-23/h1-4,19,24H,5-12,14-16H2. The molecule has 2 aliphatic rings. The Balaban J connectivity index is 1.37. The topological polar surface area (TPSA) is 63.0 Å². The highest BCUT2D eigenvalue weighted by atomic mass is 16.5. The van der Waals surface area contributed by atoms with Crippen LogP contribution in [-0.4, -0.2) is 91.5 Å². The number of nitriles is 1. The first kappa shape index (κ1) is 18.3. The maximum atomic E-state index is 10.3.